The Morgan fingerprint density at radius 1 is 1.03 bits per heavy atom. The molecule has 0 aliphatic carbocycles. The lowest BCUT2D eigenvalue weighted by atomic mass is 9.93. The van der Waals surface area contributed by atoms with Crippen molar-refractivity contribution in [1.82, 2.24) is 0 Å². The summed E-state index contributed by atoms with van der Waals surface area (Å²) >= 11 is 0. The first-order valence-electron chi connectivity index (χ1n) is 12.2. The van der Waals surface area contributed by atoms with Gasteiger partial charge in [-0.2, -0.15) is 0 Å². The Bertz CT molecular complexity index is 850. The molecule has 8 nitrogen and oxygen atoms in total. The molecule has 0 fully saturated rings. The van der Waals surface area contributed by atoms with Gasteiger partial charge in [-0.25, -0.2) is 0 Å². The minimum absolute atomic E-state index is 0.206. The second kappa shape index (κ2) is 12.5. The van der Waals surface area contributed by atoms with Gasteiger partial charge in [-0.3, -0.25) is 4.79 Å². The Kier molecular flexibility index (Phi) is 10.9. The lowest BCUT2D eigenvalue weighted by Crippen LogP contribution is -2.35. The fraction of sp³-hybridized carbons (Fsp3) is 0.667. The summed E-state index contributed by atoms with van der Waals surface area (Å²) < 4.78 is 18.7. The van der Waals surface area contributed by atoms with Crippen LogP contribution in [0.15, 0.2) is 23.9 Å². The summed E-state index contributed by atoms with van der Waals surface area (Å²) in [6.07, 6.45) is 4.13. The zero-order chi connectivity index (χ0) is 27.0. The van der Waals surface area contributed by atoms with Gasteiger partial charge in [0, 0.05) is 41.4 Å². The molecule has 0 bridgehead atoms. The molecule has 1 rings (SSSR count). The fourth-order valence-corrected chi connectivity index (χ4v) is 3.71. The number of hydrogen-bond acceptors (Lipinski definition) is 7. The number of benzene rings is 1. The second-order valence-electron chi connectivity index (χ2n) is 11.8. The molecule has 0 heterocycles. The maximum absolute atomic E-state index is 11.5. The topological polar surface area (TPSA) is 126 Å². The highest BCUT2D eigenvalue weighted by atomic mass is 16.5. The van der Waals surface area contributed by atoms with E-state index in [-0.39, 0.29) is 22.4 Å². The van der Waals surface area contributed by atoms with E-state index in [9.17, 15) is 4.79 Å². The summed E-state index contributed by atoms with van der Waals surface area (Å²) in [4.78, 5) is 13.0. The Morgan fingerprint density at radius 2 is 1.60 bits per heavy atom. The SMILES string of the molecule is C/C(N)=C\C(C)(C)COc1c(OCCC(C)(C)N)cc(N(C)C=O)cc1OCC(C)CC(C)(C)N. The van der Waals surface area contributed by atoms with Gasteiger partial charge in [-0.15, -0.1) is 0 Å². The molecule has 0 spiro atoms. The first-order valence-corrected chi connectivity index (χ1v) is 12.2. The van der Waals surface area contributed by atoms with Crippen LogP contribution in [0, 0.1) is 11.3 Å². The maximum atomic E-state index is 11.5. The van der Waals surface area contributed by atoms with Crippen LogP contribution >= 0.6 is 0 Å². The Hall–Kier alpha value is -2.45. The van der Waals surface area contributed by atoms with Crippen LogP contribution in [0.4, 0.5) is 5.69 Å². The van der Waals surface area contributed by atoms with Gasteiger partial charge in [0.25, 0.3) is 0 Å². The third kappa shape index (κ3) is 12.2. The molecular formula is C27H48N4O4. The molecule has 8 heteroatoms. The number of hydrogen-bond donors (Lipinski definition) is 3. The standard InChI is InChI=1S/C27H48N4O4/c1-19(14-27(7,8)30)16-34-23-13-21(31(9)18-32)12-22(33-11-10-26(5,6)29)24(23)35-17-25(3,4)15-20(2)28/h12-13,15,18-19H,10-11,14,16-17,28-30H2,1-9H3/b20-15+. The third-order valence-corrected chi connectivity index (χ3v) is 5.18. The number of carbonyl (C=O) groups is 1. The predicted octanol–water partition coefficient (Wildman–Crippen LogP) is 4.20. The van der Waals surface area contributed by atoms with Gasteiger partial charge in [-0.05, 0) is 53.4 Å². The van der Waals surface area contributed by atoms with Crippen LogP contribution in [0.5, 0.6) is 17.2 Å². The fourth-order valence-electron chi connectivity index (χ4n) is 3.71. The summed E-state index contributed by atoms with van der Waals surface area (Å²) in [5, 5.41) is 0. The number of ether oxygens (including phenoxy) is 3. The van der Waals surface area contributed by atoms with E-state index < -0.39 is 0 Å². The molecule has 1 unspecified atom stereocenters. The van der Waals surface area contributed by atoms with Crippen molar-refractivity contribution in [2.45, 2.75) is 79.3 Å². The van der Waals surface area contributed by atoms with E-state index in [1.807, 2.05) is 54.5 Å². The molecule has 0 saturated carbocycles. The summed E-state index contributed by atoms with van der Waals surface area (Å²) in [6.45, 7) is 17.1. The van der Waals surface area contributed by atoms with E-state index in [0.717, 1.165) is 18.5 Å². The predicted molar refractivity (Wildman–Crippen MR) is 144 cm³/mol. The van der Waals surface area contributed by atoms with E-state index in [0.29, 0.717) is 49.2 Å². The van der Waals surface area contributed by atoms with E-state index >= 15 is 0 Å². The van der Waals surface area contributed by atoms with E-state index in [1.54, 1.807) is 19.2 Å². The van der Waals surface area contributed by atoms with Crippen LogP contribution in [0.25, 0.3) is 0 Å². The molecule has 200 valence electrons. The van der Waals surface area contributed by atoms with Crippen molar-refractivity contribution in [1.29, 1.82) is 0 Å². The van der Waals surface area contributed by atoms with Gasteiger partial charge >= 0.3 is 0 Å². The summed E-state index contributed by atoms with van der Waals surface area (Å²) in [7, 11) is 1.68. The molecule has 1 aromatic rings. The molecule has 0 aliphatic heterocycles. The first kappa shape index (κ1) is 30.6. The van der Waals surface area contributed by atoms with Crippen LogP contribution in [-0.4, -0.2) is 44.4 Å². The van der Waals surface area contributed by atoms with E-state index in [1.165, 1.54) is 4.90 Å². The molecule has 1 aromatic carbocycles. The highest BCUT2D eigenvalue weighted by molar-refractivity contribution is 5.77. The molecular weight excluding hydrogens is 444 g/mol. The second-order valence-corrected chi connectivity index (χ2v) is 11.8. The van der Waals surface area contributed by atoms with E-state index in [2.05, 4.69) is 6.92 Å². The van der Waals surface area contributed by atoms with Crippen molar-refractivity contribution >= 4 is 12.1 Å². The Balaban J connectivity index is 3.38. The average Bonchev–Trinajstić information content (AvgIpc) is 2.67. The smallest absolute Gasteiger partial charge is 0.213 e. The largest absolute Gasteiger partial charge is 0.489 e. The van der Waals surface area contributed by atoms with Crippen molar-refractivity contribution < 1.29 is 19.0 Å². The molecule has 0 aromatic heterocycles. The summed E-state index contributed by atoms with van der Waals surface area (Å²) in [5.74, 6) is 1.69. The van der Waals surface area contributed by atoms with Gasteiger partial charge in [-0.1, -0.05) is 26.8 Å². The molecule has 0 radical (unpaired) electrons. The monoisotopic (exact) mass is 492 g/mol. The number of carbonyl (C=O) groups excluding carboxylic acids is 1. The molecule has 1 atom stereocenters. The lowest BCUT2D eigenvalue weighted by molar-refractivity contribution is -0.107. The molecule has 35 heavy (non-hydrogen) atoms. The molecule has 0 aliphatic rings. The molecule has 6 N–H and O–H groups in total. The number of rotatable bonds is 15. The van der Waals surface area contributed by atoms with Gasteiger partial charge in [0.15, 0.2) is 11.5 Å². The van der Waals surface area contributed by atoms with Crippen LogP contribution in [0.3, 0.4) is 0 Å². The van der Waals surface area contributed by atoms with Crippen LogP contribution in [0.1, 0.15) is 68.2 Å². The minimum atomic E-state index is -0.382. The number of anilines is 1. The third-order valence-electron chi connectivity index (χ3n) is 5.18. The highest BCUT2D eigenvalue weighted by Crippen LogP contribution is 2.43. The van der Waals surface area contributed by atoms with Crippen molar-refractivity contribution in [3.63, 3.8) is 0 Å². The van der Waals surface area contributed by atoms with Gasteiger partial charge in [0.2, 0.25) is 12.2 Å². The number of allylic oxidation sites excluding steroid dienone is 1. The minimum Gasteiger partial charge on any atom is -0.489 e. The van der Waals surface area contributed by atoms with Crippen LogP contribution in [0.2, 0.25) is 0 Å². The van der Waals surface area contributed by atoms with Crippen molar-refractivity contribution in [2.75, 3.05) is 31.8 Å². The Morgan fingerprint density at radius 3 is 2.09 bits per heavy atom. The maximum Gasteiger partial charge on any atom is 0.213 e. The first-order chi connectivity index (χ1) is 15.9. The zero-order valence-electron chi connectivity index (χ0n) is 23.2. The molecule has 0 saturated heterocycles. The van der Waals surface area contributed by atoms with E-state index in [4.69, 9.17) is 31.4 Å². The van der Waals surface area contributed by atoms with Crippen molar-refractivity contribution in [2.24, 2.45) is 28.5 Å². The van der Waals surface area contributed by atoms with Crippen LogP contribution < -0.4 is 36.3 Å². The number of nitrogens with zero attached hydrogens (tertiary/aromatic N) is 1. The number of amides is 1. The Labute approximate surface area is 212 Å². The summed E-state index contributed by atoms with van der Waals surface area (Å²) in [6, 6.07) is 3.57. The normalized spacial score (nSPS) is 13.9. The van der Waals surface area contributed by atoms with Gasteiger partial charge in [0.05, 0.1) is 25.5 Å². The lowest BCUT2D eigenvalue weighted by Gasteiger charge is -2.27. The summed E-state index contributed by atoms with van der Waals surface area (Å²) in [5.41, 5.74) is 18.6. The molecule has 1 amide bonds. The van der Waals surface area contributed by atoms with Gasteiger partial charge in [0.1, 0.15) is 0 Å². The van der Waals surface area contributed by atoms with Gasteiger partial charge < -0.3 is 36.3 Å². The van der Waals surface area contributed by atoms with Crippen molar-refractivity contribution in [3.05, 3.63) is 23.9 Å². The van der Waals surface area contributed by atoms with Crippen LogP contribution in [-0.2, 0) is 4.79 Å². The average molecular weight is 493 g/mol. The number of nitrogens with two attached hydrogens (primary N) is 3. The zero-order valence-corrected chi connectivity index (χ0v) is 23.2. The highest BCUT2D eigenvalue weighted by Gasteiger charge is 2.24. The van der Waals surface area contributed by atoms with Crippen molar-refractivity contribution in [3.8, 4) is 17.2 Å². The quantitative estimate of drug-likeness (QED) is 0.313.